The maximum absolute atomic E-state index is 5.40. The van der Waals surface area contributed by atoms with Crippen LogP contribution in [0.25, 0.3) is 0 Å². The average Bonchev–Trinajstić information content (AvgIpc) is 2.43. The fourth-order valence-electron chi connectivity index (χ4n) is 1.64. The summed E-state index contributed by atoms with van der Waals surface area (Å²) in [4.78, 5) is 4.19. The number of hydrogen-bond donors (Lipinski definition) is 2. The minimum Gasteiger partial charge on any atom is -0.384 e. The van der Waals surface area contributed by atoms with E-state index in [1.807, 2.05) is 12.4 Å². The number of hydrogen-bond acceptors (Lipinski definition) is 5. The Labute approximate surface area is 115 Å². The predicted octanol–water partition coefficient (Wildman–Crippen LogP) is 2.37. The fourth-order valence-corrected chi connectivity index (χ4v) is 1.64. The molecule has 0 saturated carbocycles. The number of nitrogens with zero attached hydrogens (tertiary/aromatic N) is 1. The smallest absolute Gasteiger partial charge is 0.0700 e. The van der Waals surface area contributed by atoms with E-state index < -0.39 is 0 Å². The Morgan fingerprint density at radius 2 is 1.84 bits per heavy atom. The number of ether oxygens (including phenoxy) is 2. The second kappa shape index (κ2) is 10.6. The van der Waals surface area contributed by atoms with Crippen LogP contribution < -0.4 is 10.6 Å². The molecule has 19 heavy (non-hydrogen) atoms. The zero-order valence-electron chi connectivity index (χ0n) is 11.9. The van der Waals surface area contributed by atoms with Gasteiger partial charge in [0.2, 0.25) is 0 Å². The first-order chi connectivity index (χ1) is 9.36. The van der Waals surface area contributed by atoms with Crippen molar-refractivity contribution in [2.45, 2.75) is 19.8 Å². The summed E-state index contributed by atoms with van der Waals surface area (Å²) in [6.07, 6.45) is 5.81. The third-order valence-electron chi connectivity index (χ3n) is 2.60. The van der Waals surface area contributed by atoms with Crippen LogP contribution in [0, 0.1) is 0 Å². The Balaban J connectivity index is 2.07. The summed E-state index contributed by atoms with van der Waals surface area (Å²) in [7, 11) is 1.68. The molecule has 0 unspecified atom stereocenters. The molecule has 0 bridgehead atoms. The minimum absolute atomic E-state index is 0.668. The van der Waals surface area contributed by atoms with Crippen LogP contribution in [-0.4, -0.2) is 45.0 Å². The Bertz CT molecular complexity index is 334. The molecule has 1 aromatic rings. The fraction of sp³-hybridized carbons (Fsp3) is 0.643. The molecule has 0 saturated heterocycles. The molecule has 0 atom stereocenters. The number of methoxy groups -OCH3 is 1. The van der Waals surface area contributed by atoms with E-state index in [-0.39, 0.29) is 0 Å². The van der Waals surface area contributed by atoms with E-state index in [0.717, 1.165) is 43.9 Å². The van der Waals surface area contributed by atoms with E-state index in [4.69, 9.17) is 9.47 Å². The van der Waals surface area contributed by atoms with E-state index in [0.29, 0.717) is 13.2 Å². The lowest BCUT2D eigenvalue weighted by Gasteiger charge is -2.08. The van der Waals surface area contributed by atoms with Crippen LogP contribution in [0.5, 0.6) is 0 Å². The van der Waals surface area contributed by atoms with Crippen LogP contribution in [0.15, 0.2) is 18.5 Å². The Kier molecular flexibility index (Phi) is 8.76. The van der Waals surface area contributed by atoms with Crippen molar-refractivity contribution in [2.75, 3.05) is 50.7 Å². The molecule has 0 aliphatic heterocycles. The Morgan fingerprint density at radius 3 is 2.58 bits per heavy atom. The standard InChI is InChI=1S/C14H25N3O2/c1-3-16-13-10-14(12-15-11-13)17-6-4-5-7-19-9-8-18-2/h10-12,16-17H,3-9H2,1-2H3. The molecule has 2 N–H and O–H groups in total. The molecule has 1 heterocycles. The van der Waals surface area contributed by atoms with Crippen molar-refractivity contribution in [1.29, 1.82) is 0 Å². The third-order valence-corrected chi connectivity index (χ3v) is 2.60. The van der Waals surface area contributed by atoms with E-state index in [2.05, 4.69) is 28.6 Å². The zero-order chi connectivity index (χ0) is 13.8. The summed E-state index contributed by atoms with van der Waals surface area (Å²) in [5.74, 6) is 0. The number of aromatic nitrogens is 1. The summed E-state index contributed by atoms with van der Waals surface area (Å²) in [5, 5.41) is 6.61. The van der Waals surface area contributed by atoms with Gasteiger partial charge in [-0.2, -0.15) is 0 Å². The summed E-state index contributed by atoms with van der Waals surface area (Å²) >= 11 is 0. The first-order valence-corrected chi connectivity index (χ1v) is 6.86. The van der Waals surface area contributed by atoms with E-state index in [1.165, 1.54) is 0 Å². The molecule has 5 heteroatoms. The molecule has 1 aromatic heterocycles. The van der Waals surface area contributed by atoms with E-state index >= 15 is 0 Å². The van der Waals surface area contributed by atoms with Gasteiger partial charge in [-0.3, -0.25) is 4.98 Å². The van der Waals surface area contributed by atoms with Gasteiger partial charge < -0.3 is 20.1 Å². The number of rotatable bonds is 11. The Hall–Kier alpha value is -1.33. The number of anilines is 2. The van der Waals surface area contributed by atoms with Crippen LogP contribution in [0.3, 0.4) is 0 Å². The molecule has 0 aromatic carbocycles. The van der Waals surface area contributed by atoms with Gasteiger partial charge in [0, 0.05) is 26.8 Å². The molecule has 108 valence electrons. The molecule has 0 fully saturated rings. The molecule has 1 rings (SSSR count). The van der Waals surface area contributed by atoms with Crippen molar-refractivity contribution in [3.63, 3.8) is 0 Å². The summed E-state index contributed by atoms with van der Waals surface area (Å²) in [6, 6.07) is 2.07. The van der Waals surface area contributed by atoms with Crippen molar-refractivity contribution < 1.29 is 9.47 Å². The molecule has 0 radical (unpaired) electrons. The molecule has 0 aliphatic rings. The van der Waals surface area contributed by atoms with Gasteiger partial charge in [0.1, 0.15) is 0 Å². The molecule has 0 spiro atoms. The minimum atomic E-state index is 0.668. The van der Waals surface area contributed by atoms with Gasteiger partial charge in [0.05, 0.1) is 37.0 Å². The lowest BCUT2D eigenvalue weighted by molar-refractivity contribution is 0.0691. The van der Waals surface area contributed by atoms with Crippen LogP contribution >= 0.6 is 0 Å². The van der Waals surface area contributed by atoms with Crippen molar-refractivity contribution in [3.8, 4) is 0 Å². The summed E-state index contributed by atoms with van der Waals surface area (Å²) in [5.41, 5.74) is 2.11. The molecule has 0 aliphatic carbocycles. The quantitative estimate of drug-likeness (QED) is 0.603. The maximum Gasteiger partial charge on any atom is 0.0700 e. The summed E-state index contributed by atoms with van der Waals surface area (Å²) in [6.45, 7) is 6.05. The van der Waals surface area contributed by atoms with Crippen molar-refractivity contribution in [2.24, 2.45) is 0 Å². The second-order valence-corrected chi connectivity index (χ2v) is 4.23. The number of pyridine rings is 1. The van der Waals surface area contributed by atoms with Crippen molar-refractivity contribution in [1.82, 2.24) is 4.98 Å². The lowest BCUT2D eigenvalue weighted by atomic mass is 10.3. The average molecular weight is 267 g/mol. The van der Waals surface area contributed by atoms with Gasteiger partial charge in [0.15, 0.2) is 0 Å². The topological polar surface area (TPSA) is 55.4 Å². The lowest BCUT2D eigenvalue weighted by Crippen LogP contribution is -2.06. The monoisotopic (exact) mass is 267 g/mol. The highest BCUT2D eigenvalue weighted by molar-refractivity contribution is 5.53. The van der Waals surface area contributed by atoms with Gasteiger partial charge in [-0.05, 0) is 25.8 Å². The second-order valence-electron chi connectivity index (χ2n) is 4.23. The molecular formula is C14H25N3O2. The highest BCUT2D eigenvalue weighted by Crippen LogP contribution is 2.12. The third kappa shape index (κ3) is 7.64. The molecule has 5 nitrogen and oxygen atoms in total. The number of unbranched alkanes of at least 4 members (excludes halogenated alkanes) is 1. The number of nitrogens with one attached hydrogen (secondary N) is 2. The van der Waals surface area contributed by atoms with Gasteiger partial charge in [-0.15, -0.1) is 0 Å². The normalized spacial score (nSPS) is 10.4. The Morgan fingerprint density at radius 1 is 1.05 bits per heavy atom. The largest absolute Gasteiger partial charge is 0.384 e. The van der Waals surface area contributed by atoms with Gasteiger partial charge in [-0.25, -0.2) is 0 Å². The van der Waals surface area contributed by atoms with Crippen molar-refractivity contribution in [3.05, 3.63) is 18.5 Å². The SMILES string of the molecule is CCNc1cncc(NCCCCOCCOC)c1. The van der Waals surface area contributed by atoms with E-state index in [1.54, 1.807) is 7.11 Å². The highest BCUT2D eigenvalue weighted by atomic mass is 16.5. The first-order valence-electron chi connectivity index (χ1n) is 6.86. The molecular weight excluding hydrogens is 242 g/mol. The highest BCUT2D eigenvalue weighted by Gasteiger charge is 1.95. The summed E-state index contributed by atoms with van der Waals surface area (Å²) < 4.78 is 10.3. The van der Waals surface area contributed by atoms with Gasteiger partial charge in [-0.1, -0.05) is 0 Å². The van der Waals surface area contributed by atoms with Gasteiger partial charge >= 0.3 is 0 Å². The van der Waals surface area contributed by atoms with Crippen LogP contribution in [-0.2, 0) is 9.47 Å². The van der Waals surface area contributed by atoms with Crippen LogP contribution in [0.4, 0.5) is 11.4 Å². The molecule has 0 amide bonds. The first kappa shape index (κ1) is 15.7. The van der Waals surface area contributed by atoms with Crippen LogP contribution in [0.1, 0.15) is 19.8 Å². The van der Waals surface area contributed by atoms with E-state index in [9.17, 15) is 0 Å². The maximum atomic E-state index is 5.40. The zero-order valence-corrected chi connectivity index (χ0v) is 11.9. The van der Waals surface area contributed by atoms with Crippen LogP contribution in [0.2, 0.25) is 0 Å². The van der Waals surface area contributed by atoms with Gasteiger partial charge in [0.25, 0.3) is 0 Å². The van der Waals surface area contributed by atoms with Crippen molar-refractivity contribution >= 4 is 11.4 Å². The predicted molar refractivity (Wildman–Crippen MR) is 78.8 cm³/mol.